The summed E-state index contributed by atoms with van der Waals surface area (Å²) in [4.78, 5) is 11.6. The first-order valence-electron chi connectivity index (χ1n) is 6.53. The summed E-state index contributed by atoms with van der Waals surface area (Å²) >= 11 is 0. The van der Waals surface area contributed by atoms with Gasteiger partial charge < -0.3 is 14.2 Å². The van der Waals surface area contributed by atoms with E-state index in [1.54, 1.807) is 18.2 Å². The Morgan fingerprint density at radius 3 is 2.16 bits per heavy atom. The van der Waals surface area contributed by atoms with Crippen molar-refractivity contribution in [1.29, 1.82) is 0 Å². The highest BCUT2D eigenvalue weighted by Gasteiger charge is 2.12. The molecule has 0 heterocycles. The normalized spacial score (nSPS) is 12.1. The number of carbonyl (C=O) groups excluding carboxylic acids is 1. The SMILES string of the molecule is CCC(C)Oc1cc(OC(C)C)cc(C(=O)OC)c1. The lowest BCUT2D eigenvalue weighted by Crippen LogP contribution is -2.12. The van der Waals surface area contributed by atoms with E-state index in [1.807, 2.05) is 27.7 Å². The lowest BCUT2D eigenvalue weighted by atomic mass is 10.2. The van der Waals surface area contributed by atoms with Crippen LogP contribution in [0.15, 0.2) is 18.2 Å². The second kappa shape index (κ2) is 7.02. The second-order valence-electron chi connectivity index (χ2n) is 4.69. The van der Waals surface area contributed by atoms with E-state index in [-0.39, 0.29) is 12.2 Å². The van der Waals surface area contributed by atoms with Gasteiger partial charge in [-0.25, -0.2) is 4.79 Å². The van der Waals surface area contributed by atoms with Crippen LogP contribution < -0.4 is 9.47 Å². The van der Waals surface area contributed by atoms with E-state index in [0.717, 1.165) is 6.42 Å². The number of rotatable bonds is 6. The van der Waals surface area contributed by atoms with E-state index in [4.69, 9.17) is 14.2 Å². The van der Waals surface area contributed by atoms with Crippen molar-refractivity contribution >= 4 is 5.97 Å². The minimum atomic E-state index is -0.400. The van der Waals surface area contributed by atoms with E-state index in [0.29, 0.717) is 17.1 Å². The van der Waals surface area contributed by atoms with Crippen LogP contribution in [0.1, 0.15) is 44.5 Å². The van der Waals surface area contributed by atoms with Gasteiger partial charge in [0.05, 0.1) is 24.9 Å². The van der Waals surface area contributed by atoms with Gasteiger partial charge in [0.1, 0.15) is 11.5 Å². The third-order valence-corrected chi connectivity index (χ3v) is 2.59. The van der Waals surface area contributed by atoms with Crippen molar-refractivity contribution in [3.63, 3.8) is 0 Å². The van der Waals surface area contributed by atoms with Crippen molar-refractivity contribution in [2.45, 2.75) is 46.3 Å². The Hall–Kier alpha value is -1.71. The number of ether oxygens (including phenoxy) is 3. The van der Waals surface area contributed by atoms with Crippen LogP contribution in [0.25, 0.3) is 0 Å². The van der Waals surface area contributed by atoms with E-state index >= 15 is 0 Å². The average molecular weight is 266 g/mol. The quantitative estimate of drug-likeness (QED) is 0.740. The summed E-state index contributed by atoms with van der Waals surface area (Å²) < 4.78 is 16.1. The first-order valence-corrected chi connectivity index (χ1v) is 6.53. The predicted octanol–water partition coefficient (Wildman–Crippen LogP) is 3.44. The van der Waals surface area contributed by atoms with Gasteiger partial charge in [0.15, 0.2) is 0 Å². The van der Waals surface area contributed by atoms with E-state index in [2.05, 4.69) is 0 Å². The molecule has 106 valence electrons. The summed E-state index contributed by atoms with van der Waals surface area (Å²) in [7, 11) is 1.35. The van der Waals surface area contributed by atoms with Crippen molar-refractivity contribution in [3.8, 4) is 11.5 Å². The number of hydrogen-bond acceptors (Lipinski definition) is 4. The molecule has 1 atom stereocenters. The molecule has 0 amide bonds. The summed E-state index contributed by atoms with van der Waals surface area (Å²) in [5, 5.41) is 0. The Bertz CT molecular complexity index is 426. The standard InChI is InChI=1S/C15H22O4/c1-6-11(4)19-14-8-12(15(16)17-5)7-13(9-14)18-10(2)3/h7-11H,6H2,1-5H3. The number of esters is 1. The maximum atomic E-state index is 11.6. The monoisotopic (exact) mass is 266 g/mol. The van der Waals surface area contributed by atoms with Crippen LogP contribution in [0.5, 0.6) is 11.5 Å². The highest BCUT2D eigenvalue weighted by molar-refractivity contribution is 5.90. The largest absolute Gasteiger partial charge is 0.491 e. The van der Waals surface area contributed by atoms with Gasteiger partial charge >= 0.3 is 5.97 Å². The Morgan fingerprint density at radius 1 is 1.11 bits per heavy atom. The molecule has 0 N–H and O–H groups in total. The molecular weight excluding hydrogens is 244 g/mol. The molecule has 0 saturated carbocycles. The minimum Gasteiger partial charge on any atom is -0.491 e. The molecule has 0 aromatic heterocycles. The summed E-state index contributed by atoms with van der Waals surface area (Å²) in [5.41, 5.74) is 0.430. The van der Waals surface area contributed by atoms with Crippen molar-refractivity contribution in [2.24, 2.45) is 0 Å². The zero-order valence-corrected chi connectivity index (χ0v) is 12.2. The predicted molar refractivity (Wildman–Crippen MR) is 73.9 cm³/mol. The van der Waals surface area contributed by atoms with Gasteiger partial charge in [0.25, 0.3) is 0 Å². The van der Waals surface area contributed by atoms with Crippen LogP contribution in [0.4, 0.5) is 0 Å². The highest BCUT2D eigenvalue weighted by atomic mass is 16.5. The first-order chi connectivity index (χ1) is 8.96. The van der Waals surface area contributed by atoms with Gasteiger partial charge in [-0.2, -0.15) is 0 Å². The molecule has 19 heavy (non-hydrogen) atoms. The Morgan fingerprint density at radius 2 is 1.68 bits per heavy atom. The Balaban J connectivity index is 3.04. The molecule has 0 aliphatic heterocycles. The molecule has 0 aliphatic carbocycles. The molecule has 0 aliphatic rings. The smallest absolute Gasteiger partial charge is 0.338 e. The number of methoxy groups -OCH3 is 1. The topological polar surface area (TPSA) is 44.8 Å². The van der Waals surface area contributed by atoms with Crippen LogP contribution >= 0.6 is 0 Å². The number of hydrogen-bond donors (Lipinski definition) is 0. The van der Waals surface area contributed by atoms with Crippen molar-refractivity contribution in [3.05, 3.63) is 23.8 Å². The molecule has 0 radical (unpaired) electrons. The van der Waals surface area contributed by atoms with Crippen LogP contribution in [0.3, 0.4) is 0 Å². The lowest BCUT2D eigenvalue weighted by Gasteiger charge is -2.16. The lowest BCUT2D eigenvalue weighted by molar-refractivity contribution is 0.0599. The van der Waals surface area contributed by atoms with Crippen LogP contribution in [0, 0.1) is 0 Å². The molecule has 4 nitrogen and oxygen atoms in total. The maximum Gasteiger partial charge on any atom is 0.338 e. The van der Waals surface area contributed by atoms with Crippen LogP contribution in [-0.2, 0) is 4.74 Å². The summed E-state index contributed by atoms with van der Waals surface area (Å²) in [6.07, 6.45) is 1.01. The summed E-state index contributed by atoms with van der Waals surface area (Å²) in [5.74, 6) is 0.826. The second-order valence-corrected chi connectivity index (χ2v) is 4.69. The third-order valence-electron chi connectivity index (χ3n) is 2.59. The van der Waals surface area contributed by atoms with Gasteiger partial charge in [0.2, 0.25) is 0 Å². The zero-order valence-electron chi connectivity index (χ0n) is 12.2. The van der Waals surface area contributed by atoms with E-state index in [1.165, 1.54) is 7.11 Å². The van der Waals surface area contributed by atoms with Crippen molar-refractivity contribution in [1.82, 2.24) is 0 Å². The molecule has 1 rings (SSSR count). The molecule has 1 aromatic carbocycles. The molecule has 0 bridgehead atoms. The molecule has 1 unspecified atom stereocenters. The van der Waals surface area contributed by atoms with Gasteiger partial charge in [-0.15, -0.1) is 0 Å². The van der Waals surface area contributed by atoms with E-state index in [9.17, 15) is 4.79 Å². The summed E-state index contributed by atoms with van der Waals surface area (Å²) in [6.45, 7) is 7.88. The fourth-order valence-corrected chi connectivity index (χ4v) is 1.53. The highest BCUT2D eigenvalue weighted by Crippen LogP contribution is 2.25. The molecular formula is C15H22O4. The first kappa shape index (κ1) is 15.3. The van der Waals surface area contributed by atoms with Crippen molar-refractivity contribution in [2.75, 3.05) is 7.11 Å². The summed E-state index contributed by atoms with van der Waals surface area (Å²) in [6, 6.07) is 5.12. The van der Waals surface area contributed by atoms with Gasteiger partial charge in [-0.05, 0) is 39.3 Å². The van der Waals surface area contributed by atoms with Gasteiger partial charge in [0, 0.05) is 6.07 Å². The minimum absolute atomic E-state index is 0.0318. The Kier molecular flexibility index (Phi) is 5.67. The molecule has 0 spiro atoms. The maximum absolute atomic E-state index is 11.6. The fraction of sp³-hybridized carbons (Fsp3) is 0.533. The third kappa shape index (κ3) is 4.81. The molecule has 0 saturated heterocycles. The van der Waals surface area contributed by atoms with Gasteiger partial charge in [-0.3, -0.25) is 0 Å². The Labute approximate surface area is 114 Å². The number of carbonyl (C=O) groups is 1. The van der Waals surface area contributed by atoms with Crippen LogP contribution in [-0.4, -0.2) is 25.3 Å². The van der Waals surface area contributed by atoms with Gasteiger partial charge in [-0.1, -0.05) is 6.92 Å². The molecule has 4 heteroatoms. The molecule has 0 fully saturated rings. The fourth-order valence-electron chi connectivity index (χ4n) is 1.53. The molecule has 1 aromatic rings. The van der Waals surface area contributed by atoms with Crippen molar-refractivity contribution < 1.29 is 19.0 Å². The van der Waals surface area contributed by atoms with Crippen LogP contribution in [0.2, 0.25) is 0 Å². The van der Waals surface area contributed by atoms with E-state index < -0.39 is 5.97 Å². The number of benzene rings is 1. The zero-order chi connectivity index (χ0) is 14.4. The average Bonchev–Trinajstić information content (AvgIpc) is 2.36.